The fraction of sp³-hybridized carbons (Fsp3) is 0.250. The highest BCUT2D eigenvalue weighted by molar-refractivity contribution is 5.65. The lowest BCUT2D eigenvalue weighted by atomic mass is 10.3. The average molecular weight is 183 g/mol. The Morgan fingerprint density at radius 2 is 2.08 bits per heavy atom. The van der Waals surface area contributed by atoms with Crippen molar-refractivity contribution in [3.8, 4) is 0 Å². The Balaban J connectivity index is 2.65. The Hall–Kier alpha value is -1.30. The van der Waals surface area contributed by atoms with Gasteiger partial charge in [-0.15, -0.1) is 0 Å². The van der Waals surface area contributed by atoms with Gasteiger partial charge >= 0.3 is 0 Å². The van der Waals surface area contributed by atoms with Crippen LogP contribution in [0.25, 0.3) is 0 Å². The summed E-state index contributed by atoms with van der Waals surface area (Å²) in [6.07, 6.45) is 0. The highest BCUT2D eigenvalue weighted by Crippen LogP contribution is 2.19. The van der Waals surface area contributed by atoms with Gasteiger partial charge in [-0.3, -0.25) is 0 Å². The second-order valence-corrected chi connectivity index (χ2v) is 2.42. The molecule has 0 bridgehead atoms. The Labute approximate surface area is 76.8 Å². The number of nitrogen functional groups attached to an aromatic ring is 1. The quantitative estimate of drug-likeness (QED) is 0.307. The molecule has 13 heavy (non-hydrogen) atoms. The summed E-state index contributed by atoms with van der Waals surface area (Å²) in [7, 11) is 1.52. The van der Waals surface area contributed by atoms with E-state index in [1.807, 2.05) is 12.1 Å². The number of nitrogens with two attached hydrogens (primary N) is 2. The van der Waals surface area contributed by atoms with Crippen molar-refractivity contribution < 1.29 is 9.57 Å². The zero-order valence-corrected chi connectivity index (χ0v) is 7.43. The summed E-state index contributed by atoms with van der Waals surface area (Å²) in [6.45, 7) is 0.0881. The first-order valence-corrected chi connectivity index (χ1v) is 3.77. The van der Waals surface area contributed by atoms with Crippen molar-refractivity contribution in [1.29, 1.82) is 0 Å². The third-order valence-electron chi connectivity index (χ3n) is 1.48. The van der Waals surface area contributed by atoms with E-state index in [9.17, 15) is 0 Å². The van der Waals surface area contributed by atoms with Crippen LogP contribution in [0.2, 0.25) is 0 Å². The van der Waals surface area contributed by atoms with Gasteiger partial charge in [0.2, 0.25) is 0 Å². The SMILES string of the molecule is COCON(N)c1ccccc1N. The van der Waals surface area contributed by atoms with Crippen LogP contribution in [-0.4, -0.2) is 13.9 Å². The Morgan fingerprint density at radius 1 is 1.38 bits per heavy atom. The van der Waals surface area contributed by atoms with Gasteiger partial charge in [-0.05, 0) is 12.1 Å². The van der Waals surface area contributed by atoms with Crippen LogP contribution >= 0.6 is 0 Å². The molecule has 0 amide bonds. The molecule has 0 aliphatic carbocycles. The van der Waals surface area contributed by atoms with E-state index in [-0.39, 0.29) is 6.79 Å². The molecule has 0 aromatic heterocycles. The van der Waals surface area contributed by atoms with Gasteiger partial charge in [0.05, 0.1) is 5.69 Å². The third kappa shape index (κ3) is 2.59. The van der Waals surface area contributed by atoms with Crippen molar-refractivity contribution in [3.63, 3.8) is 0 Å². The molecule has 1 aromatic carbocycles. The van der Waals surface area contributed by atoms with Crippen molar-refractivity contribution >= 4 is 11.4 Å². The highest BCUT2D eigenvalue weighted by atomic mass is 16.8. The summed E-state index contributed by atoms with van der Waals surface area (Å²) in [5.74, 6) is 5.53. The Bertz CT molecular complexity index is 267. The van der Waals surface area contributed by atoms with Gasteiger partial charge in [0.15, 0.2) is 6.79 Å². The second kappa shape index (κ2) is 4.66. The van der Waals surface area contributed by atoms with Gasteiger partial charge in [-0.2, -0.15) is 5.17 Å². The number of hydrogen-bond donors (Lipinski definition) is 2. The predicted octanol–water partition coefficient (Wildman–Crippen LogP) is 0.484. The zero-order valence-electron chi connectivity index (χ0n) is 7.43. The van der Waals surface area contributed by atoms with Crippen molar-refractivity contribution in [3.05, 3.63) is 24.3 Å². The van der Waals surface area contributed by atoms with Crippen molar-refractivity contribution in [1.82, 2.24) is 0 Å². The van der Waals surface area contributed by atoms with Gasteiger partial charge < -0.3 is 10.5 Å². The maximum Gasteiger partial charge on any atom is 0.174 e. The number of hydrazine groups is 1. The number of rotatable bonds is 4. The van der Waals surface area contributed by atoms with Crippen LogP contribution in [0.4, 0.5) is 11.4 Å². The molecule has 0 aliphatic rings. The first-order chi connectivity index (χ1) is 6.25. The average Bonchev–Trinajstić information content (AvgIpc) is 2.15. The molecule has 0 heterocycles. The van der Waals surface area contributed by atoms with E-state index in [0.717, 1.165) is 5.17 Å². The molecule has 1 aromatic rings. The standard InChI is InChI=1S/C8H13N3O2/c1-12-6-13-11(10)8-5-3-2-4-7(8)9/h2-5H,6,9-10H2,1H3. The first kappa shape index (κ1) is 9.79. The Morgan fingerprint density at radius 3 is 2.69 bits per heavy atom. The monoisotopic (exact) mass is 183 g/mol. The van der Waals surface area contributed by atoms with Crippen LogP contribution < -0.4 is 16.7 Å². The summed E-state index contributed by atoms with van der Waals surface area (Å²) in [5.41, 5.74) is 6.82. The topological polar surface area (TPSA) is 73.7 Å². The number of benzene rings is 1. The molecule has 0 aliphatic heterocycles. The maximum absolute atomic E-state index is 5.65. The van der Waals surface area contributed by atoms with Crippen LogP contribution in [0.3, 0.4) is 0 Å². The van der Waals surface area contributed by atoms with E-state index in [1.54, 1.807) is 12.1 Å². The highest BCUT2D eigenvalue weighted by Gasteiger charge is 2.04. The zero-order chi connectivity index (χ0) is 9.68. The number of hydrogen-bond acceptors (Lipinski definition) is 5. The van der Waals surface area contributed by atoms with E-state index in [2.05, 4.69) is 4.74 Å². The third-order valence-corrected chi connectivity index (χ3v) is 1.48. The molecular formula is C8H13N3O2. The van der Waals surface area contributed by atoms with Crippen LogP contribution in [-0.2, 0) is 9.57 Å². The summed E-state index contributed by atoms with van der Waals surface area (Å²) < 4.78 is 4.69. The summed E-state index contributed by atoms with van der Waals surface area (Å²) in [6, 6.07) is 7.14. The molecule has 0 saturated carbocycles. The first-order valence-electron chi connectivity index (χ1n) is 3.77. The normalized spacial score (nSPS) is 10.0. The lowest BCUT2D eigenvalue weighted by Crippen LogP contribution is -2.32. The van der Waals surface area contributed by atoms with Crippen molar-refractivity contribution in [2.24, 2.45) is 5.84 Å². The van der Waals surface area contributed by atoms with Gasteiger partial charge in [0.1, 0.15) is 5.69 Å². The molecule has 1 rings (SSSR count). The van der Waals surface area contributed by atoms with Gasteiger partial charge in [0.25, 0.3) is 0 Å². The minimum Gasteiger partial charge on any atom is -0.397 e. The van der Waals surface area contributed by atoms with E-state index < -0.39 is 0 Å². The molecule has 0 unspecified atom stereocenters. The molecular weight excluding hydrogens is 170 g/mol. The van der Waals surface area contributed by atoms with E-state index in [0.29, 0.717) is 11.4 Å². The molecule has 0 saturated heterocycles. The number of ether oxygens (including phenoxy) is 1. The number of methoxy groups -OCH3 is 1. The van der Waals surface area contributed by atoms with E-state index >= 15 is 0 Å². The Kier molecular flexibility index (Phi) is 3.51. The lowest BCUT2D eigenvalue weighted by molar-refractivity contribution is -0.0432. The number of nitrogens with zero attached hydrogens (tertiary/aromatic N) is 1. The van der Waals surface area contributed by atoms with Crippen LogP contribution in [0, 0.1) is 0 Å². The van der Waals surface area contributed by atoms with Gasteiger partial charge in [-0.25, -0.2) is 10.7 Å². The van der Waals surface area contributed by atoms with E-state index in [1.165, 1.54) is 7.11 Å². The summed E-state index contributed by atoms with van der Waals surface area (Å²) in [5, 5.41) is 1.08. The number of anilines is 2. The molecule has 5 heteroatoms. The smallest absolute Gasteiger partial charge is 0.174 e. The molecule has 5 nitrogen and oxygen atoms in total. The molecule has 0 spiro atoms. The minimum absolute atomic E-state index is 0.0881. The summed E-state index contributed by atoms with van der Waals surface area (Å²) >= 11 is 0. The molecule has 4 N–H and O–H groups in total. The fourth-order valence-electron chi connectivity index (χ4n) is 0.867. The maximum atomic E-state index is 5.65. The minimum atomic E-state index is 0.0881. The molecule has 72 valence electrons. The second-order valence-electron chi connectivity index (χ2n) is 2.42. The fourth-order valence-corrected chi connectivity index (χ4v) is 0.867. The van der Waals surface area contributed by atoms with Gasteiger partial charge in [0, 0.05) is 7.11 Å². The summed E-state index contributed by atoms with van der Waals surface area (Å²) in [4.78, 5) is 4.97. The van der Waals surface area contributed by atoms with Crippen molar-refractivity contribution in [2.45, 2.75) is 0 Å². The predicted molar refractivity (Wildman–Crippen MR) is 50.5 cm³/mol. The van der Waals surface area contributed by atoms with E-state index in [4.69, 9.17) is 16.4 Å². The van der Waals surface area contributed by atoms with Crippen molar-refractivity contribution in [2.75, 3.05) is 24.8 Å². The largest absolute Gasteiger partial charge is 0.397 e. The van der Waals surface area contributed by atoms with Crippen LogP contribution in [0.15, 0.2) is 24.3 Å². The molecule has 0 fully saturated rings. The van der Waals surface area contributed by atoms with Gasteiger partial charge in [-0.1, -0.05) is 12.1 Å². The lowest BCUT2D eigenvalue weighted by Gasteiger charge is -2.18. The molecule has 0 radical (unpaired) electrons. The number of para-hydroxylation sites is 2. The van der Waals surface area contributed by atoms with Crippen LogP contribution in [0.1, 0.15) is 0 Å². The van der Waals surface area contributed by atoms with Crippen LogP contribution in [0.5, 0.6) is 0 Å². The molecule has 0 atom stereocenters.